The molecule has 260 valence electrons. The number of halogens is 7. The molecule has 3 heterocycles. The van der Waals surface area contributed by atoms with Crippen molar-refractivity contribution >= 4 is 39.9 Å². The van der Waals surface area contributed by atoms with Crippen LogP contribution in [0.5, 0.6) is 0 Å². The van der Waals surface area contributed by atoms with Crippen molar-refractivity contribution in [2.75, 3.05) is 61.6 Å². The number of carbonyl (C=O) groups is 2. The largest absolute Gasteiger partial charge is 0.471 e. The zero-order valence-corrected chi connectivity index (χ0v) is 26.1. The summed E-state index contributed by atoms with van der Waals surface area (Å²) in [5, 5.41) is 9.09. The van der Waals surface area contributed by atoms with Crippen molar-refractivity contribution in [3.63, 3.8) is 0 Å². The highest BCUT2D eigenvalue weighted by atomic mass is 19.4. The van der Waals surface area contributed by atoms with Crippen molar-refractivity contribution in [2.45, 2.75) is 31.0 Å². The lowest BCUT2D eigenvalue weighted by Crippen LogP contribution is -2.50. The maximum atomic E-state index is 15.4. The predicted molar refractivity (Wildman–Crippen MR) is 167 cm³/mol. The number of hydrogen-bond donors (Lipinski definition) is 2. The first kappa shape index (κ1) is 34.2. The molecule has 2 fully saturated rings. The summed E-state index contributed by atoms with van der Waals surface area (Å²) in [4.78, 5) is 31.6. The van der Waals surface area contributed by atoms with Gasteiger partial charge in [0.25, 0.3) is 11.8 Å². The summed E-state index contributed by atoms with van der Waals surface area (Å²) < 4.78 is 106. The summed E-state index contributed by atoms with van der Waals surface area (Å²) in [5.41, 5.74) is -1.44. The van der Waals surface area contributed by atoms with Gasteiger partial charge in [0.05, 0.1) is 16.8 Å². The molecule has 2 saturated heterocycles. The van der Waals surface area contributed by atoms with Crippen molar-refractivity contribution < 1.29 is 45.1 Å². The van der Waals surface area contributed by atoms with Crippen molar-refractivity contribution in [3.8, 4) is 0 Å². The molecule has 9 nitrogen and oxygen atoms in total. The SMILES string of the molecule is CN1CCN(c2ccc(C(=O)Nc3n[nH]c4ccc(C(F)(F)c5cc(F)cc(F)c5)cc34)c(N(C(=O)C(F)(F)F)C3CCOCC3)c2)CC1. The average Bonchev–Trinajstić information content (AvgIpc) is 3.46. The maximum Gasteiger partial charge on any atom is 0.471 e. The number of fused-ring (bicyclic) bond motifs is 1. The summed E-state index contributed by atoms with van der Waals surface area (Å²) in [7, 11) is 1.94. The van der Waals surface area contributed by atoms with Gasteiger partial charge < -0.3 is 24.8 Å². The molecule has 0 unspecified atom stereocenters. The van der Waals surface area contributed by atoms with Crippen molar-refractivity contribution in [3.05, 3.63) is 82.9 Å². The van der Waals surface area contributed by atoms with Gasteiger partial charge in [-0.25, -0.2) is 8.78 Å². The number of alkyl halides is 5. The van der Waals surface area contributed by atoms with Gasteiger partial charge in [-0.05, 0) is 62.4 Å². The molecular formula is C33H31F7N6O3. The standard InChI is InChI=1S/C33H31F7N6O3/c1-44-8-10-45(11-9-44)24-3-4-25(28(18-24)46(31(48)33(38,39)40)23-6-12-49-13-7-23)30(47)41-29-26-16-19(2-5-27(26)42-43-29)32(36,37)20-14-21(34)17-22(35)15-20/h2-5,14-18,23H,6-13H2,1H3,(H2,41,42,43,47). The van der Waals surface area contributed by atoms with Gasteiger partial charge in [-0.2, -0.15) is 27.1 Å². The first-order valence-corrected chi connectivity index (χ1v) is 15.4. The zero-order chi connectivity index (χ0) is 35.1. The molecule has 4 aromatic rings. The lowest BCUT2D eigenvalue weighted by Gasteiger charge is -2.37. The van der Waals surface area contributed by atoms with E-state index >= 15 is 8.78 Å². The number of rotatable bonds is 7. The van der Waals surface area contributed by atoms with E-state index in [1.807, 2.05) is 11.9 Å². The molecule has 2 aliphatic rings. The minimum Gasteiger partial charge on any atom is -0.381 e. The van der Waals surface area contributed by atoms with Gasteiger partial charge in [0.15, 0.2) is 5.82 Å². The molecule has 2 aliphatic heterocycles. The average molecular weight is 693 g/mol. The van der Waals surface area contributed by atoms with Crippen LogP contribution in [0.3, 0.4) is 0 Å². The van der Waals surface area contributed by atoms with Crippen LogP contribution in [0, 0.1) is 11.6 Å². The summed E-state index contributed by atoms with van der Waals surface area (Å²) in [6.45, 7) is 2.70. The Balaban J connectivity index is 1.39. The molecule has 0 radical (unpaired) electrons. The van der Waals surface area contributed by atoms with Crippen LogP contribution in [-0.2, 0) is 15.5 Å². The number of likely N-dealkylation sites (N-methyl/N-ethyl adjacent to an activating group) is 1. The number of hydrogen-bond acceptors (Lipinski definition) is 6. The van der Waals surface area contributed by atoms with Gasteiger partial charge in [0.1, 0.15) is 11.6 Å². The number of H-pyrrole nitrogens is 1. The van der Waals surface area contributed by atoms with E-state index in [4.69, 9.17) is 4.74 Å². The maximum absolute atomic E-state index is 15.4. The number of nitrogens with zero attached hydrogens (tertiary/aromatic N) is 4. The van der Waals surface area contributed by atoms with E-state index in [9.17, 15) is 31.5 Å². The normalized spacial score (nSPS) is 16.6. The highest BCUT2D eigenvalue weighted by Gasteiger charge is 2.46. The third-order valence-corrected chi connectivity index (χ3v) is 8.75. The number of ether oxygens (including phenoxy) is 1. The second-order valence-corrected chi connectivity index (χ2v) is 12.0. The van der Waals surface area contributed by atoms with E-state index in [0.717, 1.165) is 12.1 Å². The Morgan fingerprint density at radius 2 is 1.57 bits per heavy atom. The monoisotopic (exact) mass is 692 g/mol. The van der Waals surface area contributed by atoms with Gasteiger partial charge in [0, 0.05) is 73.7 Å². The van der Waals surface area contributed by atoms with Gasteiger partial charge in [-0.1, -0.05) is 6.07 Å². The van der Waals surface area contributed by atoms with Gasteiger partial charge >= 0.3 is 12.1 Å². The van der Waals surface area contributed by atoms with Crippen LogP contribution < -0.4 is 15.1 Å². The Morgan fingerprint density at radius 3 is 2.22 bits per heavy atom. The van der Waals surface area contributed by atoms with Crippen LogP contribution in [-0.4, -0.2) is 85.6 Å². The summed E-state index contributed by atoms with van der Waals surface area (Å²) in [6, 6.07) is 8.07. The van der Waals surface area contributed by atoms with Crippen molar-refractivity contribution in [1.29, 1.82) is 0 Å². The summed E-state index contributed by atoms with van der Waals surface area (Å²) in [5.74, 6) is -9.58. The molecule has 6 rings (SSSR count). The number of carbonyl (C=O) groups excluding carboxylic acids is 2. The number of benzene rings is 3. The van der Waals surface area contributed by atoms with Crippen LogP contribution >= 0.6 is 0 Å². The van der Waals surface area contributed by atoms with Crippen molar-refractivity contribution in [1.82, 2.24) is 15.1 Å². The molecule has 16 heteroatoms. The lowest BCUT2D eigenvalue weighted by molar-refractivity contribution is -0.171. The van der Waals surface area contributed by atoms with Gasteiger partial charge in [0.2, 0.25) is 0 Å². The van der Waals surface area contributed by atoms with E-state index in [-0.39, 0.29) is 54.0 Å². The first-order chi connectivity index (χ1) is 23.2. The van der Waals surface area contributed by atoms with Gasteiger partial charge in [-0.3, -0.25) is 14.7 Å². The third-order valence-electron chi connectivity index (χ3n) is 8.75. The van der Waals surface area contributed by atoms with E-state index in [1.165, 1.54) is 18.2 Å². The topological polar surface area (TPSA) is 93.8 Å². The van der Waals surface area contributed by atoms with E-state index in [1.54, 1.807) is 6.07 Å². The predicted octanol–water partition coefficient (Wildman–Crippen LogP) is 6.06. The Kier molecular flexibility index (Phi) is 9.28. The van der Waals surface area contributed by atoms with Gasteiger partial charge in [-0.15, -0.1) is 0 Å². The fourth-order valence-corrected chi connectivity index (χ4v) is 6.11. The highest BCUT2D eigenvalue weighted by molar-refractivity contribution is 6.13. The molecule has 0 saturated carbocycles. The molecule has 2 N–H and O–H groups in total. The Bertz CT molecular complexity index is 1850. The summed E-state index contributed by atoms with van der Waals surface area (Å²) >= 11 is 0. The Morgan fingerprint density at radius 1 is 0.898 bits per heavy atom. The summed E-state index contributed by atoms with van der Waals surface area (Å²) in [6.07, 6.45) is -5.07. The lowest BCUT2D eigenvalue weighted by atomic mass is 9.98. The molecule has 0 bridgehead atoms. The van der Waals surface area contributed by atoms with E-state index in [0.29, 0.717) is 55.0 Å². The van der Waals surface area contributed by atoms with Crippen LogP contribution in [0.2, 0.25) is 0 Å². The number of piperazine rings is 1. The molecule has 0 aliphatic carbocycles. The smallest absolute Gasteiger partial charge is 0.381 e. The Hall–Kier alpha value is -4.70. The van der Waals surface area contributed by atoms with Crippen molar-refractivity contribution in [2.24, 2.45) is 0 Å². The second kappa shape index (κ2) is 13.3. The van der Waals surface area contributed by atoms with E-state index < -0.39 is 52.7 Å². The molecule has 0 spiro atoms. The zero-order valence-electron chi connectivity index (χ0n) is 26.1. The second-order valence-electron chi connectivity index (χ2n) is 12.0. The van der Waals surface area contributed by atoms with E-state index in [2.05, 4.69) is 20.4 Å². The van der Waals surface area contributed by atoms with Crippen LogP contribution in [0.15, 0.2) is 54.6 Å². The number of anilines is 3. The number of amides is 2. The molecule has 1 aromatic heterocycles. The number of aromatic amines is 1. The fourth-order valence-electron chi connectivity index (χ4n) is 6.11. The van der Waals surface area contributed by atoms with Crippen LogP contribution in [0.25, 0.3) is 10.9 Å². The molecular weight excluding hydrogens is 661 g/mol. The minimum absolute atomic E-state index is 0.00865. The molecule has 49 heavy (non-hydrogen) atoms. The number of aromatic nitrogens is 2. The van der Waals surface area contributed by atoms with Crippen LogP contribution in [0.4, 0.5) is 47.9 Å². The molecule has 0 atom stereocenters. The first-order valence-electron chi connectivity index (χ1n) is 15.4. The molecule has 2 amide bonds. The quantitative estimate of drug-likeness (QED) is 0.229. The Labute approximate surface area is 275 Å². The third kappa shape index (κ3) is 7.06. The fraction of sp³-hybridized carbons (Fsp3) is 0.364. The molecule has 3 aromatic carbocycles. The minimum atomic E-state index is -5.26. The van der Waals surface area contributed by atoms with Crippen LogP contribution in [0.1, 0.15) is 34.3 Å². The number of nitrogens with one attached hydrogen (secondary N) is 2. The highest BCUT2D eigenvalue weighted by Crippen LogP contribution is 2.39.